The Kier molecular flexibility index (Phi) is 328. The molecule has 11 heteroatoms. The Hall–Kier alpha value is -1.16. The van der Waals surface area contributed by atoms with Crippen LogP contribution in [0.15, 0.2) is 30.3 Å². The molecule has 0 saturated heterocycles. The van der Waals surface area contributed by atoms with Crippen molar-refractivity contribution in [2.75, 3.05) is 0 Å². The summed E-state index contributed by atoms with van der Waals surface area (Å²) in [5.74, 6) is 0. The predicted octanol–water partition coefficient (Wildman–Crippen LogP) is 3.71. The molecule has 1 aliphatic carbocycles. The second kappa shape index (κ2) is 151. The number of hydrogen-bond donors (Lipinski definition) is 0. The Bertz CT molecular complexity index is 438. The van der Waals surface area contributed by atoms with Gasteiger partial charge in [0, 0.05) is 33.6 Å². The van der Waals surface area contributed by atoms with Crippen LogP contribution in [0.1, 0.15) is 37.7 Å². The first-order chi connectivity index (χ1) is 14.4. The van der Waals surface area contributed by atoms with E-state index in [1.807, 2.05) is 18.2 Å². The molecule has 1 fully saturated rings. The van der Waals surface area contributed by atoms with Gasteiger partial charge in [-0.1, -0.05) is 68.0 Å². The summed E-state index contributed by atoms with van der Waals surface area (Å²) in [5.41, 5.74) is 1.30. The van der Waals surface area contributed by atoms with Crippen LogP contribution in [-0.4, -0.2) is 0 Å². The molecule has 2 rings (SSSR count). The maximum absolute atomic E-state index is 7.50. The van der Waals surface area contributed by atoms with Crippen LogP contribution in [0, 0.1) is 60.1 Å². The van der Waals surface area contributed by atoms with Gasteiger partial charge in [0.15, 0.2) is 0 Å². The monoisotopic (exact) mass is 615 g/mol. The van der Waals surface area contributed by atoms with E-state index in [0.29, 0.717) is 0 Å². The molecule has 2 radical (unpaired) electrons. The summed E-state index contributed by atoms with van der Waals surface area (Å²) in [6, 6.07) is 10.2. The molecule has 174 valence electrons. The number of rotatable bonds is 1. The standard InChI is InChI=1S/C8H9.C5H10.8CO.2Co.Mo/c1-2-8-6-4-3-5-7-8;1-2-4-5-3-1;8*1-2;;;/h3-7H,1-2H2;1-5H2;;;;;;;;;;;/q-1;;;;;;;;;;;;+2. The Balaban J connectivity index is -0.0000000183. The SMILES string of the molecule is C1CCCC1.[C-]#[O+].[C-]#[O+].[C-]#[O+].[C-]#[O+].[C-]#[O+].[C-]#[O+].[C-]#[O+].[C-]#[O+].[CH2-]Cc1ccccc1.[Co].[Co].[Mo+2]. The van der Waals surface area contributed by atoms with Gasteiger partial charge in [-0.15, -0.1) is 0 Å². The molecule has 0 atom stereocenters. The van der Waals surface area contributed by atoms with Crippen molar-refractivity contribution in [3.8, 4) is 0 Å². The molecular weight excluding hydrogens is 594 g/mol. The topological polar surface area (TPSA) is 159 Å². The smallest absolute Gasteiger partial charge is 0.339 e. The predicted molar refractivity (Wildman–Crippen MR) is 90.0 cm³/mol. The minimum atomic E-state index is 0. The third-order valence-corrected chi connectivity index (χ3v) is 2.38. The number of hydrogen-bond acceptors (Lipinski definition) is 0. The molecule has 0 N–H and O–H groups in total. The molecule has 1 aromatic carbocycles. The molecular formula is C21H19Co2MoO8+. The molecule has 0 aliphatic heterocycles. The van der Waals surface area contributed by atoms with Crippen molar-refractivity contribution >= 4 is 0 Å². The first kappa shape index (κ1) is 69.8. The maximum Gasteiger partial charge on any atom is 2.00 e. The summed E-state index contributed by atoms with van der Waals surface area (Å²) in [6.07, 6.45) is 8.39. The average Bonchev–Trinajstić information content (AvgIpc) is 3.50. The van der Waals surface area contributed by atoms with Crippen LogP contribution in [-0.2, 0) is 98.3 Å². The summed E-state index contributed by atoms with van der Waals surface area (Å²) < 4.78 is 60.0. The van der Waals surface area contributed by atoms with Crippen LogP contribution < -0.4 is 0 Å². The van der Waals surface area contributed by atoms with E-state index >= 15 is 0 Å². The van der Waals surface area contributed by atoms with E-state index in [2.05, 4.69) is 72.3 Å². The van der Waals surface area contributed by atoms with E-state index in [4.69, 9.17) is 37.2 Å². The average molecular weight is 613 g/mol. The molecule has 0 aromatic heterocycles. The summed E-state index contributed by atoms with van der Waals surface area (Å²) in [7, 11) is 0. The third-order valence-electron chi connectivity index (χ3n) is 2.38. The van der Waals surface area contributed by atoms with Gasteiger partial charge in [0.1, 0.15) is 0 Å². The molecule has 0 bridgehead atoms. The molecule has 0 amide bonds. The Morgan fingerprint density at radius 3 is 0.812 bits per heavy atom. The molecule has 0 spiro atoms. The van der Waals surface area contributed by atoms with E-state index < -0.39 is 0 Å². The van der Waals surface area contributed by atoms with Crippen molar-refractivity contribution < 1.29 is 91.8 Å². The molecule has 8 nitrogen and oxygen atoms in total. The van der Waals surface area contributed by atoms with Crippen LogP contribution in [0.5, 0.6) is 0 Å². The van der Waals surface area contributed by atoms with Crippen molar-refractivity contribution in [1.29, 1.82) is 0 Å². The van der Waals surface area contributed by atoms with Crippen molar-refractivity contribution in [2.24, 2.45) is 0 Å². The van der Waals surface area contributed by atoms with Crippen LogP contribution in [0.3, 0.4) is 0 Å². The summed E-state index contributed by atoms with van der Waals surface area (Å²) in [6.45, 7) is 39.8. The summed E-state index contributed by atoms with van der Waals surface area (Å²) in [5, 5.41) is 0. The first-order valence-corrected chi connectivity index (χ1v) is 6.90. The molecule has 32 heavy (non-hydrogen) atoms. The van der Waals surface area contributed by atoms with Gasteiger partial charge in [-0.25, -0.2) is 0 Å². The summed E-state index contributed by atoms with van der Waals surface area (Å²) in [4.78, 5) is 0. The molecule has 1 saturated carbocycles. The normalized spacial score (nSPS) is 6.53. The van der Waals surface area contributed by atoms with Gasteiger partial charge in [0.2, 0.25) is 0 Å². The zero-order chi connectivity index (χ0) is 25.4. The second-order valence-electron chi connectivity index (χ2n) is 3.50. The van der Waals surface area contributed by atoms with Crippen molar-refractivity contribution in [2.45, 2.75) is 38.5 Å². The van der Waals surface area contributed by atoms with Gasteiger partial charge in [0.05, 0.1) is 0 Å². The molecule has 0 unspecified atom stereocenters. The van der Waals surface area contributed by atoms with E-state index in [1.54, 1.807) is 0 Å². The Labute approximate surface area is 225 Å². The van der Waals surface area contributed by atoms with Crippen LogP contribution in [0.25, 0.3) is 0 Å². The first-order valence-electron chi connectivity index (χ1n) is 6.90. The van der Waals surface area contributed by atoms with Gasteiger partial charge in [-0.3, -0.25) is 0 Å². The third kappa shape index (κ3) is 117. The van der Waals surface area contributed by atoms with Crippen LogP contribution in [0.2, 0.25) is 0 Å². The second-order valence-corrected chi connectivity index (χ2v) is 3.50. The van der Waals surface area contributed by atoms with Crippen LogP contribution >= 0.6 is 0 Å². The van der Waals surface area contributed by atoms with E-state index in [1.165, 1.54) is 37.7 Å². The zero-order valence-electron chi connectivity index (χ0n) is 16.7. The van der Waals surface area contributed by atoms with Gasteiger partial charge < -0.3 is 6.92 Å². The fourth-order valence-electron chi connectivity index (χ4n) is 1.53. The van der Waals surface area contributed by atoms with Gasteiger partial charge in [-0.2, -0.15) is 6.42 Å². The largest absolute Gasteiger partial charge is 2.00 e. The van der Waals surface area contributed by atoms with E-state index in [0.717, 1.165) is 6.42 Å². The van der Waals surface area contributed by atoms with Crippen LogP contribution in [0.4, 0.5) is 0 Å². The van der Waals surface area contributed by atoms with Crippen molar-refractivity contribution in [3.05, 3.63) is 96.0 Å². The van der Waals surface area contributed by atoms with E-state index in [9.17, 15) is 0 Å². The van der Waals surface area contributed by atoms with Gasteiger partial charge in [0.25, 0.3) is 0 Å². The van der Waals surface area contributed by atoms with Crippen molar-refractivity contribution in [3.63, 3.8) is 0 Å². The Morgan fingerprint density at radius 2 is 0.688 bits per heavy atom. The molecule has 1 aliphatic rings. The zero-order valence-corrected chi connectivity index (χ0v) is 20.8. The minimum absolute atomic E-state index is 0. The van der Waals surface area contributed by atoms with Gasteiger partial charge >= 0.3 is 111 Å². The fourth-order valence-corrected chi connectivity index (χ4v) is 1.53. The number of benzene rings is 1. The summed E-state index contributed by atoms with van der Waals surface area (Å²) >= 11 is 0. The fraction of sp³-hybridized carbons (Fsp3) is 0.286. The molecule has 1 aromatic rings. The minimum Gasteiger partial charge on any atom is -0.339 e. The maximum atomic E-state index is 7.50. The van der Waals surface area contributed by atoms with Crippen molar-refractivity contribution in [1.82, 2.24) is 0 Å². The van der Waals surface area contributed by atoms with E-state index in [-0.39, 0.29) is 54.6 Å². The Morgan fingerprint density at radius 1 is 0.500 bits per heavy atom. The van der Waals surface area contributed by atoms with Gasteiger partial charge in [-0.05, 0) is 0 Å². The quantitative estimate of drug-likeness (QED) is 0.257. The molecule has 0 heterocycles.